The molecule has 0 bridgehead atoms. The number of nitrogens with zero attached hydrogens (tertiary/aromatic N) is 5. The van der Waals surface area contributed by atoms with E-state index in [1.54, 1.807) is 6.20 Å². The van der Waals surface area contributed by atoms with Gasteiger partial charge in [0.05, 0.1) is 29.5 Å². The number of aromatic amines is 1. The van der Waals surface area contributed by atoms with Crippen LogP contribution in [0.5, 0.6) is 0 Å². The summed E-state index contributed by atoms with van der Waals surface area (Å²) in [5.41, 5.74) is 4.86. The second kappa shape index (κ2) is 6.72. The Kier molecular flexibility index (Phi) is 4.26. The van der Waals surface area contributed by atoms with Crippen LogP contribution in [0.15, 0.2) is 48.7 Å². The van der Waals surface area contributed by atoms with Crippen molar-refractivity contribution in [1.82, 2.24) is 25.1 Å². The summed E-state index contributed by atoms with van der Waals surface area (Å²) in [7, 11) is 1.92. The fourth-order valence-electron chi connectivity index (χ4n) is 2.81. The van der Waals surface area contributed by atoms with Gasteiger partial charge in [-0.15, -0.1) is 5.10 Å². The Labute approximate surface area is 155 Å². The molecule has 0 fully saturated rings. The molecule has 4 rings (SSSR count). The van der Waals surface area contributed by atoms with Crippen molar-refractivity contribution in [3.63, 3.8) is 0 Å². The van der Waals surface area contributed by atoms with Crippen molar-refractivity contribution in [3.8, 4) is 11.3 Å². The van der Waals surface area contributed by atoms with E-state index in [2.05, 4.69) is 38.1 Å². The Morgan fingerprint density at radius 1 is 1.08 bits per heavy atom. The van der Waals surface area contributed by atoms with Crippen LogP contribution in [0.25, 0.3) is 22.3 Å². The van der Waals surface area contributed by atoms with E-state index in [0.717, 1.165) is 33.7 Å². The molecule has 4 aromatic rings. The average Bonchev–Trinajstić information content (AvgIpc) is 3.06. The normalized spacial score (nSPS) is 11.0. The predicted molar refractivity (Wildman–Crippen MR) is 103 cm³/mol. The summed E-state index contributed by atoms with van der Waals surface area (Å²) < 4.78 is 0. The Morgan fingerprint density at radius 2 is 1.88 bits per heavy atom. The molecular weight excluding hydrogens is 348 g/mol. The third kappa shape index (κ3) is 3.23. The van der Waals surface area contributed by atoms with Crippen molar-refractivity contribution < 1.29 is 0 Å². The minimum Gasteiger partial charge on any atom is -0.340 e. The molecule has 130 valence electrons. The zero-order valence-corrected chi connectivity index (χ0v) is 15.2. The molecule has 6 nitrogen and oxygen atoms in total. The van der Waals surface area contributed by atoms with Crippen LogP contribution in [0.1, 0.15) is 11.4 Å². The first kappa shape index (κ1) is 16.5. The lowest BCUT2D eigenvalue weighted by atomic mass is 10.2. The Morgan fingerprint density at radius 3 is 2.65 bits per heavy atom. The number of hydrogen-bond acceptors (Lipinski definition) is 5. The molecule has 0 atom stereocenters. The quantitative estimate of drug-likeness (QED) is 0.592. The summed E-state index contributed by atoms with van der Waals surface area (Å²) in [5, 5.41) is 8.92. The lowest BCUT2D eigenvalue weighted by Gasteiger charge is -2.15. The molecule has 0 spiro atoms. The number of H-pyrrole nitrogens is 1. The largest absolute Gasteiger partial charge is 0.340 e. The van der Waals surface area contributed by atoms with Gasteiger partial charge >= 0.3 is 0 Å². The minimum absolute atomic E-state index is 0.537. The fourth-order valence-corrected chi connectivity index (χ4v) is 2.94. The maximum absolute atomic E-state index is 5.95. The van der Waals surface area contributed by atoms with Crippen LogP contribution in [-0.4, -0.2) is 32.2 Å². The molecule has 0 unspecified atom stereocenters. The lowest BCUT2D eigenvalue weighted by molar-refractivity contribution is 0.802. The average molecular weight is 365 g/mol. The number of hydrogen-bond donors (Lipinski definition) is 1. The molecular formula is C19H17ClN6. The van der Waals surface area contributed by atoms with Crippen LogP contribution in [0.3, 0.4) is 0 Å². The fraction of sp³-hybridized carbons (Fsp3) is 0.158. The van der Waals surface area contributed by atoms with Crippen LogP contribution in [-0.2, 0) is 6.54 Å². The molecule has 0 amide bonds. The van der Waals surface area contributed by atoms with E-state index >= 15 is 0 Å². The first-order chi connectivity index (χ1) is 12.6. The van der Waals surface area contributed by atoms with E-state index in [-0.39, 0.29) is 0 Å². The zero-order valence-electron chi connectivity index (χ0n) is 14.4. The van der Waals surface area contributed by atoms with Crippen molar-refractivity contribution in [2.24, 2.45) is 0 Å². The first-order valence-electron chi connectivity index (χ1n) is 8.21. The van der Waals surface area contributed by atoms with Crippen molar-refractivity contribution in [2.45, 2.75) is 13.5 Å². The summed E-state index contributed by atoms with van der Waals surface area (Å²) >= 11 is 5.95. The Balaban J connectivity index is 1.59. The number of imidazole rings is 1. The van der Waals surface area contributed by atoms with E-state index in [0.29, 0.717) is 17.5 Å². The summed E-state index contributed by atoms with van der Waals surface area (Å²) in [6.45, 7) is 2.61. The molecule has 0 saturated carbocycles. The smallest absolute Gasteiger partial charge is 0.246 e. The number of aromatic nitrogens is 5. The zero-order chi connectivity index (χ0) is 18.1. The van der Waals surface area contributed by atoms with Gasteiger partial charge in [-0.25, -0.2) is 9.97 Å². The maximum Gasteiger partial charge on any atom is 0.246 e. The molecule has 2 aromatic carbocycles. The number of rotatable bonds is 4. The van der Waals surface area contributed by atoms with Crippen LogP contribution < -0.4 is 4.90 Å². The van der Waals surface area contributed by atoms with Crippen LogP contribution in [0, 0.1) is 6.92 Å². The second-order valence-electron chi connectivity index (χ2n) is 6.16. The molecule has 2 heterocycles. The van der Waals surface area contributed by atoms with Crippen molar-refractivity contribution in [2.75, 3.05) is 11.9 Å². The summed E-state index contributed by atoms with van der Waals surface area (Å²) in [6.07, 6.45) is 1.64. The highest BCUT2D eigenvalue weighted by Crippen LogP contribution is 2.21. The number of anilines is 1. The Hall–Kier alpha value is -2.99. The van der Waals surface area contributed by atoms with Crippen molar-refractivity contribution >= 4 is 28.6 Å². The third-order valence-corrected chi connectivity index (χ3v) is 4.43. The molecule has 0 aliphatic carbocycles. The van der Waals surface area contributed by atoms with E-state index in [4.69, 9.17) is 11.6 Å². The van der Waals surface area contributed by atoms with Gasteiger partial charge in [-0.1, -0.05) is 35.9 Å². The second-order valence-corrected chi connectivity index (χ2v) is 6.60. The van der Waals surface area contributed by atoms with Crippen LogP contribution >= 0.6 is 11.6 Å². The molecule has 0 aliphatic rings. The van der Waals surface area contributed by atoms with Crippen molar-refractivity contribution in [1.29, 1.82) is 0 Å². The van der Waals surface area contributed by atoms with Gasteiger partial charge in [0, 0.05) is 17.6 Å². The molecule has 7 heteroatoms. The highest BCUT2D eigenvalue weighted by atomic mass is 35.5. The van der Waals surface area contributed by atoms with Crippen LogP contribution in [0.4, 0.5) is 5.95 Å². The highest BCUT2D eigenvalue weighted by molar-refractivity contribution is 6.30. The minimum atomic E-state index is 0.537. The molecule has 26 heavy (non-hydrogen) atoms. The number of nitrogens with one attached hydrogen (secondary N) is 1. The highest BCUT2D eigenvalue weighted by Gasteiger charge is 2.12. The van der Waals surface area contributed by atoms with E-state index < -0.39 is 0 Å². The molecule has 0 radical (unpaired) electrons. The predicted octanol–water partition coefficient (Wildman–Crippen LogP) is 4.01. The van der Waals surface area contributed by atoms with E-state index in [9.17, 15) is 0 Å². The Bertz CT molecular complexity index is 1060. The number of para-hydroxylation sites is 1. The SMILES string of the molecule is Cc1cccc2[nH]c(CN(C)c3nncc(-c4ccc(Cl)cc4)n3)nc12. The van der Waals surface area contributed by atoms with Gasteiger partial charge in [-0.3, -0.25) is 0 Å². The van der Waals surface area contributed by atoms with Crippen LogP contribution in [0.2, 0.25) is 5.02 Å². The monoisotopic (exact) mass is 364 g/mol. The van der Waals surface area contributed by atoms with Crippen molar-refractivity contribution in [3.05, 3.63) is 65.1 Å². The van der Waals surface area contributed by atoms with Gasteiger partial charge in [0.15, 0.2) is 0 Å². The van der Waals surface area contributed by atoms with Gasteiger partial charge in [0.25, 0.3) is 0 Å². The topological polar surface area (TPSA) is 70.6 Å². The first-order valence-corrected chi connectivity index (χ1v) is 8.59. The molecule has 0 saturated heterocycles. The van der Waals surface area contributed by atoms with Gasteiger partial charge in [-0.05, 0) is 30.7 Å². The maximum atomic E-state index is 5.95. The molecule has 1 N–H and O–H groups in total. The lowest BCUT2D eigenvalue weighted by Crippen LogP contribution is -2.20. The number of aryl methyl sites for hydroxylation is 1. The van der Waals surface area contributed by atoms with Gasteiger partial charge in [-0.2, -0.15) is 5.10 Å². The third-order valence-electron chi connectivity index (χ3n) is 4.18. The van der Waals surface area contributed by atoms with Gasteiger partial charge in [0.2, 0.25) is 5.95 Å². The van der Waals surface area contributed by atoms with E-state index in [1.165, 1.54) is 0 Å². The molecule has 2 aromatic heterocycles. The summed E-state index contributed by atoms with van der Waals surface area (Å²) in [4.78, 5) is 14.6. The standard InChI is InChI=1S/C19H17ClN6/c1-12-4-3-5-15-18(12)24-17(22-15)11-26(2)19-23-16(10-21-25-19)13-6-8-14(20)9-7-13/h3-10H,11H2,1-2H3,(H,22,24). The molecule has 0 aliphatic heterocycles. The summed E-state index contributed by atoms with van der Waals surface area (Å²) in [5.74, 6) is 1.40. The summed E-state index contributed by atoms with van der Waals surface area (Å²) in [6, 6.07) is 13.6. The van der Waals surface area contributed by atoms with Gasteiger partial charge in [0.1, 0.15) is 5.82 Å². The van der Waals surface area contributed by atoms with E-state index in [1.807, 2.05) is 48.3 Å². The van der Waals surface area contributed by atoms with Gasteiger partial charge < -0.3 is 9.88 Å². The number of benzene rings is 2. The number of halogens is 1. The number of fused-ring (bicyclic) bond motifs is 1.